The van der Waals surface area contributed by atoms with Crippen LogP contribution in [0, 0.1) is 11.6 Å². The monoisotopic (exact) mass is 616 g/mol. The predicted octanol–water partition coefficient (Wildman–Crippen LogP) is 4.76. The number of nitrogens with zero attached hydrogens (tertiary/aromatic N) is 2. The van der Waals surface area contributed by atoms with Crippen molar-refractivity contribution in [3.63, 3.8) is 0 Å². The number of amides is 2. The van der Waals surface area contributed by atoms with Crippen molar-refractivity contribution in [1.29, 1.82) is 0 Å². The standard InChI is InChI=1S/C31H32F4N4O5/c1-16-26(27-22(32)12-20(42-2)13-23(27)33)28(38-29(40)18-4-6-19(7-5-18)44-31(34)35)30(41)39(16)25-15-21(43-3)14-24(37-25)17-8-10-36-11-9-17/h4-7,12-17,26,28,31,36H,8-11H2,1-3H3,(H,38,40)/t16-,26-,28-/m0/s1. The summed E-state index contributed by atoms with van der Waals surface area (Å²) in [5.41, 5.74) is 0.340. The van der Waals surface area contributed by atoms with E-state index in [1.54, 1.807) is 13.0 Å². The summed E-state index contributed by atoms with van der Waals surface area (Å²) in [6, 6.07) is 7.96. The van der Waals surface area contributed by atoms with Gasteiger partial charge in [-0.25, -0.2) is 13.8 Å². The molecular weight excluding hydrogens is 584 g/mol. The van der Waals surface area contributed by atoms with Crippen molar-refractivity contribution in [2.75, 3.05) is 32.2 Å². The molecule has 0 spiro atoms. The predicted molar refractivity (Wildman–Crippen MR) is 153 cm³/mol. The molecule has 3 heterocycles. The van der Waals surface area contributed by atoms with E-state index in [1.807, 2.05) is 6.07 Å². The van der Waals surface area contributed by atoms with Gasteiger partial charge in [0.1, 0.15) is 40.7 Å². The quantitative estimate of drug-likeness (QED) is 0.335. The number of benzene rings is 2. The van der Waals surface area contributed by atoms with E-state index in [2.05, 4.69) is 15.4 Å². The summed E-state index contributed by atoms with van der Waals surface area (Å²) < 4.78 is 71.0. The lowest BCUT2D eigenvalue weighted by Gasteiger charge is -2.27. The highest BCUT2D eigenvalue weighted by Gasteiger charge is 2.50. The third-order valence-electron chi connectivity index (χ3n) is 8.08. The zero-order valence-electron chi connectivity index (χ0n) is 24.3. The maximum Gasteiger partial charge on any atom is 0.387 e. The van der Waals surface area contributed by atoms with Crippen molar-refractivity contribution < 1.29 is 41.4 Å². The fourth-order valence-corrected chi connectivity index (χ4v) is 5.91. The molecule has 2 N–H and O–H groups in total. The molecule has 13 heteroatoms. The molecule has 0 bridgehead atoms. The number of anilines is 1. The number of halogens is 4. The molecule has 2 aliphatic heterocycles. The Labute approximate surface area is 251 Å². The number of ether oxygens (including phenoxy) is 3. The number of aromatic nitrogens is 1. The largest absolute Gasteiger partial charge is 0.497 e. The fourth-order valence-electron chi connectivity index (χ4n) is 5.91. The van der Waals surface area contributed by atoms with Crippen LogP contribution in [0.25, 0.3) is 0 Å². The maximum atomic E-state index is 15.5. The Balaban J connectivity index is 1.54. The minimum atomic E-state index is -3.05. The van der Waals surface area contributed by atoms with Gasteiger partial charge in [0.2, 0.25) is 0 Å². The highest BCUT2D eigenvalue weighted by atomic mass is 19.3. The number of hydrogen-bond acceptors (Lipinski definition) is 7. The molecule has 1 aromatic heterocycles. The van der Waals surface area contributed by atoms with Gasteiger partial charge < -0.3 is 24.8 Å². The molecule has 2 aromatic carbocycles. The molecule has 234 valence electrons. The first-order valence-electron chi connectivity index (χ1n) is 14.1. The van der Waals surface area contributed by atoms with Gasteiger partial charge >= 0.3 is 6.61 Å². The second kappa shape index (κ2) is 13.1. The van der Waals surface area contributed by atoms with E-state index in [0.717, 1.165) is 43.8 Å². The molecule has 3 aromatic rings. The third kappa shape index (κ3) is 6.28. The summed E-state index contributed by atoms with van der Waals surface area (Å²) in [6.45, 7) is 0.187. The van der Waals surface area contributed by atoms with Gasteiger partial charge in [-0.15, -0.1) is 0 Å². The van der Waals surface area contributed by atoms with Crippen LogP contribution in [0.3, 0.4) is 0 Å². The van der Waals surface area contributed by atoms with Gasteiger partial charge in [0, 0.05) is 59.0 Å². The highest BCUT2D eigenvalue weighted by molar-refractivity contribution is 6.05. The first kappa shape index (κ1) is 31.0. The van der Waals surface area contributed by atoms with Gasteiger partial charge in [-0.3, -0.25) is 14.5 Å². The van der Waals surface area contributed by atoms with E-state index in [9.17, 15) is 18.4 Å². The molecule has 2 fully saturated rings. The smallest absolute Gasteiger partial charge is 0.387 e. The van der Waals surface area contributed by atoms with Gasteiger partial charge in [0.25, 0.3) is 11.8 Å². The maximum absolute atomic E-state index is 15.5. The lowest BCUT2D eigenvalue weighted by Crippen LogP contribution is -2.44. The molecule has 0 radical (unpaired) electrons. The number of carbonyl (C=O) groups is 2. The normalized spacial score (nSPS) is 20.6. The van der Waals surface area contributed by atoms with Gasteiger partial charge in [0.15, 0.2) is 0 Å². The van der Waals surface area contributed by atoms with Crippen LogP contribution in [0.1, 0.15) is 53.2 Å². The van der Waals surface area contributed by atoms with Crippen LogP contribution in [0.2, 0.25) is 0 Å². The van der Waals surface area contributed by atoms with E-state index in [0.29, 0.717) is 5.75 Å². The van der Waals surface area contributed by atoms with Crippen LogP contribution in [0.4, 0.5) is 23.4 Å². The van der Waals surface area contributed by atoms with Crippen molar-refractivity contribution in [3.8, 4) is 17.2 Å². The SMILES string of the molecule is COc1cc(C2CCNCC2)nc(N2C(=O)[C@@H](NC(=O)c3ccc(OC(F)F)cc3)[C@H](c3c(F)cc(OC)cc3F)[C@@H]2C)c1. The van der Waals surface area contributed by atoms with Crippen molar-refractivity contribution in [3.05, 3.63) is 77.0 Å². The highest BCUT2D eigenvalue weighted by Crippen LogP contribution is 2.42. The van der Waals surface area contributed by atoms with Crippen molar-refractivity contribution >= 4 is 17.6 Å². The first-order chi connectivity index (χ1) is 21.1. The second-order valence-electron chi connectivity index (χ2n) is 10.6. The summed E-state index contributed by atoms with van der Waals surface area (Å²) in [6.07, 6.45) is 1.65. The molecule has 0 saturated carbocycles. The van der Waals surface area contributed by atoms with Gasteiger partial charge in [-0.2, -0.15) is 8.78 Å². The minimum Gasteiger partial charge on any atom is -0.497 e. The molecule has 2 aliphatic rings. The molecule has 9 nitrogen and oxygen atoms in total. The number of carbonyl (C=O) groups excluding carboxylic acids is 2. The van der Waals surface area contributed by atoms with Crippen LogP contribution in [0.15, 0.2) is 48.5 Å². The molecule has 0 unspecified atom stereocenters. The molecule has 5 rings (SSSR count). The number of methoxy groups -OCH3 is 2. The van der Waals surface area contributed by atoms with E-state index >= 15 is 8.78 Å². The lowest BCUT2D eigenvalue weighted by molar-refractivity contribution is -0.118. The van der Waals surface area contributed by atoms with Crippen LogP contribution in [-0.2, 0) is 4.79 Å². The van der Waals surface area contributed by atoms with Gasteiger partial charge in [-0.1, -0.05) is 0 Å². The first-order valence-corrected chi connectivity index (χ1v) is 14.1. The van der Waals surface area contributed by atoms with Crippen LogP contribution >= 0.6 is 0 Å². The zero-order chi connectivity index (χ0) is 31.5. The molecular formula is C31H32F4N4O5. The average molecular weight is 617 g/mol. The average Bonchev–Trinajstić information content (AvgIpc) is 3.25. The second-order valence-corrected chi connectivity index (χ2v) is 10.6. The molecule has 2 saturated heterocycles. The Bertz CT molecular complexity index is 1490. The number of alkyl halides is 2. The Morgan fingerprint density at radius 2 is 1.59 bits per heavy atom. The number of nitrogens with one attached hydrogen (secondary N) is 2. The molecule has 2 amide bonds. The minimum absolute atomic E-state index is 0.0210. The van der Waals surface area contributed by atoms with E-state index in [-0.39, 0.29) is 28.8 Å². The van der Waals surface area contributed by atoms with Crippen molar-refractivity contribution in [1.82, 2.24) is 15.6 Å². The van der Waals surface area contributed by atoms with E-state index in [1.165, 1.54) is 43.4 Å². The summed E-state index contributed by atoms with van der Waals surface area (Å²) in [7, 11) is 2.76. The number of pyridine rings is 1. The molecule has 0 aliphatic carbocycles. The third-order valence-corrected chi connectivity index (χ3v) is 8.08. The Hall–Kier alpha value is -4.39. The van der Waals surface area contributed by atoms with Gasteiger partial charge in [-0.05, 0) is 57.1 Å². The van der Waals surface area contributed by atoms with Crippen molar-refractivity contribution in [2.45, 2.75) is 50.3 Å². The number of piperidine rings is 1. The van der Waals surface area contributed by atoms with Crippen LogP contribution < -0.4 is 29.7 Å². The summed E-state index contributed by atoms with van der Waals surface area (Å²) >= 11 is 0. The van der Waals surface area contributed by atoms with Crippen molar-refractivity contribution in [2.24, 2.45) is 0 Å². The zero-order valence-corrected chi connectivity index (χ0v) is 24.3. The number of rotatable bonds is 9. The molecule has 44 heavy (non-hydrogen) atoms. The summed E-state index contributed by atoms with van der Waals surface area (Å²) in [5.74, 6) is -3.90. The summed E-state index contributed by atoms with van der Waals surface area (Å²) in [5, 5.41) is 5.93. The Kier molecular flexibility index (Phi) is 9.23. The summed E-state index contributed by atoms with van der Waals surface area (Å²) in [4.78, 5) is 33.6. The van der Waals surface area contributed by atoms with Crippen LogP contribution in [0.5, 0.6) is 17.2 Å². The lowest BCUT2D eigenvalue weighted by atomic mass is 9.87. The van der Waals surface area contributed by atoms with E-state index in [4.69, 9.17) is 14.5 Å². The van der Waals surface area contributed by atoms with Crippen LogP contribution in [-0.4, -0.2) is 62.8 Å². The topological polar surface area (TPSA) is 102 Å². The Morgan fingerprint density at radius 3 is 2.18 bits per heavy atom. The molecule has 3 atom stereocenters. The van der Waals surface area contributed by atoms with Gasteiger partial charge in [0.05, 0.1) is 14.2 Å². The Morgan fingerprint density at radius 1 is 0.977 bits per heavy atom. The number of hydrogen-bond donors (Lipinski definition) is 2. The van der Waals surface area contributed by atoms with E-state index < -0.39 is 53.6 Å². The fraction of sp³-hybridized carbons (Fsp3) is 0.387.